The van der Waals surface area contributed by atoms with Crippen LogP contribution in [0.4, 0.5) is 4.79 Å². The zero-order valence-electron chi connectivity index (χ0n) is 13.4. The predicted octanol–water partition coefficient (Wildman–Crippen LogP) is 2.73. The van der Waals surface area contributed by atoms with Crippen molar-refractivity contribution in [2.75, 3.05) is 6.54 Å². The highest BCUT2D eigenvalue weighted by atomic mass is 16.6. The van der Waals surface area contributed by atoms with E-state index in [1.165, 1.54) is 0 Å². The number of nitrogens with one attached hydrogen (secondary N) is 1. The van der Waals surface area contributed by atoms with Gasteiger partial charge in [-0.15, -0.1) is 0 Å². The minimum absolute atomic E-state index is 0.000643. The van der Waals surface area contributed by atoms with Gasteiger partial charge < -0.3 is 15.8 Å². The first-order valence-corrected chi connectivity index (χ1v) is 7.61. The number of hydrogen-bond acceptors (Lipinski definition) is 4. The quantitative estimate of drug-likeness (QED) is 0.838. The summed E-state index contributed by atoms with van der Waals surface area (Å²) in [5.74, 6) is -0.0886. The van der Waals surface area contributed by atoms with E-state index in [0.29, 0.717) is 5.56 Å². The Bertz CT molecular complexity index is 554. The zero-order chi connectivity index (χ0) is 16.4. The van der Waals surface area contributed by atoms with Crippen molar-refractivity contribution < 1.29 is 14.3 Å². The molecule has 1 aliphatic rings. The van der Waals surface area contributed by atoms with Gasteiger partial charge in [0.15, 0.2) is 5.78 Å². The van der Waals surface area contributed by atoms with Crippen LogP contribution in [0.25, 0.3) is 0 Å². The van der Waals surface area contributed by atoms with Gasteiger partial charge in [0, 0.05) is 5.56 Å². The third-order valence-electron chi connectivity index (χ3n) is 3.89. The first kappa shape index (κ1) is 16.5. The van der Waals surface area contributed by atoms with E-state index in [-0.39, 0.29) is 17.9 Å². The van der Waals surface area contributed by atoms with E-state index in [2.05, 4.69) is 5.32 Å². The lowest BCUT2D eigenvalue weighted by Gasteiger charge is -2.43. The number of amides is 1. The van der Waals surface area contributed by atoms with Gasteiger partial charge in [-0.2, -0.15) is 0 Å². The van der Waals surface area contributed by atoms with E-state index in [4.69, 9.17) is 10.5 Å². The van der Waals surface area contributed by atoms with Crippen molar-refractivity contribution in [1.29, 1.82) is 0 Å². The van der Waals surface area contributed by atoms with E-state index in [1.807, 2.05) is 32.9 Å². The fourth-order valence-electron chi connectivity index (χ4n) is 2.61. The van der Waals surface area contributed by atoms with Crippen molar-refractivity contribution in [3.05, 3.63) is 35.4 Å². The smallest absolute Gasteiger partial charge is 0.408 e. The predicted molar refractivity (Wildman–Crippen MR) is 84.7 cm³/mol. The summed E-state index contributed by atoms with van der Waals surface area (Å²) in [6.45, 7) is 5.52. The molecule has 5 nitrogen and oxygen atoms in total. The molecule has 3 N–H and O–H groups in total. The van der Waals surface area contributed by atoms with Crippen molar-refractivity contribution in [3.63, 3.8) is 0 Å². The first-order valence-electron chi connectivity index (χ1n) is 7.61. The lowest BCUT2D eigenvalue weighted by Crippen LogP contribution is -2.52. The molecule has 22 heavy (non-hydrogen) atoms. The number of rotatable bonds is 4. The number of ketones is 1. The van der Waals surface area contributed by atoms with E-state index in [9.17, 15) is 9.59 Å². The molecule has 5 heteroatoms. The van der Waals surface area contributed by atoms with Crippen LogP contribution in [0.3, 0.4) is 0 Å². The lowest BCUT2D eigenvalue weighted by molar-refractivity contribution is 0.0377. The number of benzene rings is 1. The molecule has 0 spiro atoms. The summed E-state index contributed by atoms with van der Waals surface area (Å²) in [5, 5.41) is 2.99. The molecule has 1 aromatic rings. The summed E-state index contributed by atoms with van der Waals surface area (Å²) in [6.07, 6.45) is 2.39. The van der Waals surface area contributed by atoms with E-state index < -0.39 is 11.7 Å². The molecule has 0 unspecified atom stereocenters. The number of carbonyl (C=O) groups excluding carboxylic acids is 2. The van der Waals surface area contributed by atoms with Crippen molar-refractivity contribution >= 4 is 11.9 Å². The largest absolute Gasteiger partial charge is 0.444 e. The van der Waals surface area contributed by atoms with Crippen LogP contribution < -0.4 is 11.1 Å². The third kappa shape index (κ3) is 3.65. The summed E-state index contributed by atoms with van der Waals surface area (Å²) in [5.41, 5.74) is 6.06. The summed E-state index contributed by atoms with van der Waals surface area (Å²) in [4.78, 5) is 23.6. The normalized spacial score (nSPS) is 16.5. The molecular weight excluding hydrogens is 280 g/mol. The average molecular weight is 304 g/mol. The highest BCUT2D eigenvalue weighted by Gasteiger charge is 2.41. The monoisotopic (exact) mass is 304 g/mol. The van der Waals surface area contributed by atoms with Gasteiger partial charge in [0.1, 0.15) is 5.60 Å². The van der Waals surface area contributed by atoms with Gasteiger partial charge in [-0.05, 0) is 45.6 Å². The maximum atomic E-state index is 12.1. The molecule has 1 aromatic carbocycles. The Morgan fingerprint density at radius 2 is 1.82 bits per heavy atom. The van der Waals surface area contributed by atoms with Gasteiger partial charge in [-0.1, -0.05) is 24.3 Å². The standard InChI is InChI=1S/C17H24N2O3/c1-16(2,3)22-15(21)19-17(9-4-10-17)13-7-5-12(6-8-13)14(20)11-18/h5-8H,4,9-11,18H2,1-3H3,(H,19,21). The molecule has 0 bridgehead atoms. The number of nitrogens with two attached hydrogens (primary N) is 1. The summed E-state index contributed by atoms with van der Waals surface area (Å²) in [7, 11) is 0. The fraction of sp³-hybridized carbons (Fsp3) is 0.529. The minimum Gasteiger partial charge on any atom is -0.444 e. The van der Waals surface area contributed by atoms with Gasteiger partial charge in [-0.3, -0.25) is 4.79 Å². The summed E-state index contributed by atoms with van der Waals surface area (Å²) in [6, 6.07) is 7.31. The van der Waals surface area contributed by atoms with Crippen LogP contribution in [-0.4, -0.2) is 24.0 Å². The van der Waals surface area contributed by atoms with Gasteiger partial charge in [0.25, 0.3) is 0 Å². The summed E-state index contributed by atoms with van der Waals surface area (Å²) < 4.78 is 5.35. The third-order valence-corrected chi connectivity index (χ3v) is 3.89. The number of Topliss-reactive ketones (excluding diaryl/α,β-unsaturated/α-hetero) is 1. The highest BCUT2D eigenvalue weighted by Crippen LogP contribution is 2.41. The van der Waals surface area contributed by atoms with Gasteiger partial charge in [-0.25, -0.2) is 4.79 Å². The topological polar surface area (TPSA) is 81.4 Å². The summed E-state index contributed by atoms with van der Waals surface area (Å²) >= 11 is 0. The average Bonchev–Trinajstić information content (AvgIpc) is 2.40. The van der Waals surface area contributed by atoms with Crippen molar-refractivity contribution in [2.45, 2.75) is 51.2 Å². The van der Waals surface area contributed by atoms with Crippen LogP contribution in [0.1, 0.15) is 56.0 Å². The van der Waals surface area contributed by atoms with Crippen molar-refractivity contribution in [2.24, 2.45) is 5.73 Å². The first-order chi connectivity index (χ1) is 10.3. The van der Waals surface area contributed by atoms with Crippen LogP contribution in [0.15, 0.2) is 24.3 Å². The molecule has 0 radical (unpaired) electrons. The Labute approximate surface area is 131 Å². The molecule has 2 rings (SSSR count). The Kier molecular flexibility index (Phi) is 4.56. The lowest BCUT2D eigenvalue weighted by atomic mass is 9.71. The number of alkyl carbamates (subject to hydrolysis) is 1. The SMILES string of the molecule is CC(C)(C)OC(=O)NC1(c2ccc(C(=O)CN)cc2)CCC1. The van der Waals surface area contributed by atoms with Crippen LogP contribution in [-0.2, 0) is 10.3 Å². The van der Waals surface area contributed by atoms with Gasteiger partial charge in [0.2, 0.25) is 0 Å². The second-order valence-electron chi connectivity index (χ2n) is 6.77. The molecule has 120 valence electrons. The maximum absolute atomic E-state index is 12.1. The molecule has 1 fully saturated rings. The molecule has 1 saturated carbocycles. The number of ether oxygens (including phenoxy) is 1. The second-order valence-corrected chi connectivity index (χ2v) is 6.77. The molecular formula is C17H24N2O3. The number of carbonyl (C=O) groups is 2. The minimum atomic E-state index is -0.521. The highest BCUT2D eigenvalue weighted by molar-refractivity contribution is 5.97. The van der Waals surface area contributed by atoms with Crippen LogP contribution in [0, 0.1) is 0 Å². The van der Waals surface area contributed by atoms with Crippen LogP contribution in [0.2, 0.25) is 0 Å². The van der Waals surface area contributed by atoms with E-state index in [0.717, 1.165) is 24.8 Å². The van der Waals surface area contributed by atoms with Gasteiger partial charge >= 0.3 is 6.09 Å². The van der Waals surface area contributed by atoms with E-state index in [1.54, 1.807) is 12.1 Å². The molecule has 0 atom stereocenters. The second kappa shape index (κ2) is 6.08. The maximum Gasteiger partial charge on any atom is 0.408 e. The Hall–Kier alpha value is -1.88. The molecule has 0 aromatic heterocycles. The molecule has 1 amide bonds. The van der Waals surface area contributed by atoms with Crippen LogP contribution in [0.5, 0.6) is 0 Å². The number of hydrogen-bond donors (Lipinski definition) is 2. The Morgan fingerprint density at radius 3 is 2.23 bits per heavy atom. The Balaban J connectivity index is 2.13. The molecule has 0 aliphatic heterocycles. The van der Waals surface area contributed by atoms with Crippen LogP contribution >= 0.6 is 0 Å². The zero-order valence-corrected chi connectivity index (χ0v) is 13.4. The molecule has 1 aliphatic carbocycles. The van der Waals surface area contributed by atoms with Gasteiger partial charge in [0.05, 0.1) is 12.1 Å². The molecule has 0 heterocycles. The van der Waals surface area contributed by atoms with E-state index >= 15 is 0 Å². The van der Waals surface area contributed by atoms with Crippen molar-refractivity contribution in [3.8, 4) is 0 Å². The van der Waals surface area contributed by atoms with Crippen molar-refractivity contribution in [1.82, 2.24) is 5.32 Å². The molecule has 0 saturated heterocycles. The Morgan fingerprint density at radius 1 is 1.23 bits per heavy atom. The fourth-order valence-corrected chi connectivity index (χ4v) is 2.61.